The van der Waals surface area contributed by atoms with Crippen molar-refractivity contribution in [3.8, 4) is 0 Å². The van der Waals surface area contributed by atoms with Crippen molar-refractivity contribution >= 4 is 28.4 Å². The summed E-state index contributed by atoms with van der Waals surface area (Å²) in [7, 11) is 0. The molecule has 0 spiro atoms. The van der Waals surface area contributed by atoms with Crippen LogP contribution in [0.5, 0.6) is 0 Å². The number of thioether (sulfide) groups is 1. The van der Waals surface area contributed by atoms with E-state index in [1.807, 2.05) is 12.1 Å². The van der Waals surface area contributed by atoms with Gasteiger partial charge in [-0.3, -0.25) is 4.79 Å². The molecule has 4 heteroatoms. The first-order chi connectivity index (χ1) is 10.6. The number of nitrogens with one attached hydrogen (secondary N) is 1. The van der Waals surface area contributed by atoms with Gasteiger partial charge in [-0.05, 0) is 35.7 Å². The number of carbonyl (C=O) groups is 1. The Hall–Kier alpha value is -1.52. The first kappa shape index (κ1) is 16.8. The van der Waals surface area contributed by atoms with E-state index in [9.17, 15) is 4.79 Å². The molecule has 3 nitrogen and oxygen atoms in total. The van der Waals surface area contributed by atoms with Crippen LogP contribution in [0.15, 0.2) is 47.4 Å². The Balaban J connectivity index is 1.97. The molecule has 0 radical (unpaired) electrons. The summed E-state index contributed by atoms with van der Waals surface area (Å²) >= 11 is 1.56. The van der Waals surface area contributed by atoms with Crippen molar-refractivity contribution in [1.82, 2.24) is 5.32 Å². The number of rotatable bonds is 7. The third-order valence-corrected chi connectivity index (χ3v) is 5.23. The Morgan fingerprint density at radius 2 is 1.82 bits per heavy atom. The van der Waals surface area contributed by atoms with Crippen molar-refractivity contribution in [3.05, 3.63) is 42.5 Å². The highest BCUT2D eigenvalue weighted by Crippen LogP contribution is 2.24. The molecular formula is C18H24N2OS. The van der Waals surface area contributed by atoms with E-state index < -0.39 is 0 Å². The van der Waals surface area contributed by atoms with E-state index >= 15 is 0 Å². The minimum atomic E-state index is -0.263. The molecule has 3 N–H and O–H groups in total. The van der Waals surface area contributed by atoms with Gasteiger partial charge in [0.2, 0.25) is 5.91 Å². The second-order valence-corrected chi connectivity index (χ2v) is 6.59. The molecule has 0 fully saturated rings. The molecule has 0 aliphatic heterocycles. The first-order valence-corrected chi connectivity index (χ1v) is 8.73. The molecule has 22 heavy (non-hydrogen) atoms. The van der Waals surface area contributed by atoms with Gasteiger partial charge in [-0.2, -0.15) is 0 Å². The summed E-state index contributed by atoms with van der Waals surface area (Å²) < 4.78 is 0. The van der Waals surface area contributed by atoms with Crippen LogP contribution >= 0.6 is 11.8 Å². The van der Waals surface area contributed by atoms with Crippen LogP contribution in [0.2, 0.25) is 0 Å². The Bertz CT molecular complexity index is 630. The van der Waals surface area contributed by atoms with Gasteiger partial charge in [0.05, 0.1) is 11.3 Å². The molecule has 0 aliphatic carbocycles. The predicted molar refractivity (Wildman–Crippen MR) is 95.2 cm³/mol. The monoisotopic (exact) mass is 316 g/mol. The van der Waals surface area contributed by atoms with Crippen LogP contribution in [0.4, 0.5) is 0 Å². The standard InChI is InChI=1S/C18H24N2OS/c1-3-18(4-2,13-19)20-17(21)12-22-16-10-9-14-7-5-6-8-15(14)11-16/h5-11H,3-4,12-13,19H2,1-2H3,(H,20,21). The summed E-state index contributed by atoms with van der Waals surface area (Å²) in [5.41, 5.74) is 5.56. The smallest absolute Gasteiger partial charge is 0.230 e. The molecule has 2 aromatic rings. The third kappa shape index (κ3) is 4.02. The lowest BCUT2D eigenvalue weighted by Gasteiger charge is -2.31. The summed E-state index contributed by atoms with van der Waals surface area (Å²) in [6.45, 7) is 4.60. The average molecular weight is 316 g/mol. The Morgan fingerprint density at radius 1 is 1.14 bits per heavy atom. The van der Waals surface area contributed by atoms with Crippen LogP contribution in [0.3, 0.4) is 0 Å². The molecule has 2 rings (SSSR count). The molecule has 0 heterocycles. The molecule has 0 unspecified atom stereocenters. The molecule has 0 bridgehead atoms. The van der Waals surface area contributed by atoms with E-state index in [-0.39, 0.29) is 11.4 Å². The van der Waals surface area contributed by atoms with Crippen molar-refractivity contribution in [2.75, 3.05) is 12.3 Å². The highest BCUT2D eigenvalue weighted by Gasteiger charge is 2.25. The molecule has 0 atom stereocenters. The maximum atomic E-state index is 12.2. The number of benzene rings is 2. The highest BCUT2D eigenvalue weighted by molar-refractivity contribution is 8.00. The van der Waals surface area contributed by atoms with Gasteiger partial charge >= 0.3 is 0 Å². The zero-order valence-corrected chi connectivity index (χ0v) is 14.1. The summed E-state index contributed by atoms with van der Waals surface area (Å²) in [5.74, 6) is 0.465. The molecule has 0 aliphatic rings. The van der Waals surface area contributed by atoms with Gasteiger partial charge in [0, 0.05) is 11.4 Å². The van der Waals surface area contributed by atoms with Crippen molar-refractivity contribution in [3.63, 3.8) is 0 Å². The molecule has 0 saturated heterocycles. The normalized spacial score (nSPS) is 11.6. The SMILES string of the molecule is CCC(CC)(CN)NC(=O)CSc1ccc2ccccc2c1. The van der Waals surface area contributed by atoms with E-state index in [4.69, 9.17) is 5.73 Å². The van der Waals surface area contributed by atoms with E-state index in [2.05, 4.69) is 49.5 Å². The molecule has 118 valence electrons. The molecular weight excluding hydrogens is 292 g/mol. The number of amides is 1. The maximum absolute atomic E-state index is 12.2. The van der Waals surface area contributed by atoms with Gasteiger partial charge in [0.25, 0.3) is 0 Å². The van der Waals surface area contributed by atoms with Crippen molar-refractivity contribution in [2.45, 2.75) is 37.1 Å². The van der Waals surface area contributed by atoms with Gasteiger partial charge in [-0.1, -0.05) is 44.2 Å². The van der Waals surface area contributed by atoms with Gasteiger partial charge < -0.3 is 11.1 Å². The molecule has 0 aromatic heterocycles. The number of hydrogen-bond donors (Lipinski definition) is 2. The highest BCUT2D eigenvalue weighted by atomic mass is 32.2. The fraction of sp³-hybridized carbons (Fsp3) is 0.389. The Morgan fingerprint density at radius 3 is 2.45 bits per heavy atom. The van der Waals surface area contributed by atoms with E-state index in [1.54, 1.807) is 11.8 Å². The quantitative estimate of drug-likeness (QED) is 0.768. The predicted octanol–water partition coefficient (Wildman–Crippen LogP) is 3.57. The van der Waals surface area contributed by atoms with Gasteiger partial charge in [0.15, 0.2) is 0 Å². The molecule has 0 saturated carbocycles. The van der Waals surface area contributed by atoms with Crippen LogP contribution in [0.1, 0.15) is 26.7 Å². The minimum absolute atomic E-state index is 0.0484. The van der Waals surface area contributed by atoms with Crippen molar-refractivity contribution in [2.24, 2.45) is 5.73 Å². The number of carbonyl (C=O) groups excluding carboxylic acids is 1. The summed E-state index contributed by atoms with van der Waals surface area (Å²) in [6, 6.07) is 14.5. The zero-order valence-electron chi connectivity index (χ0n) is 13.3. The van der Waals surface area contributed by atoms with Crippen molar-refractivity contribution in [1.29, 1.82) is 0 Å². The molecule has 1 amide bonds. The topological polar surface area (TPSA) is 55.1 Å². The van der Waals surface area contributed by atoms with Crippen LogP contribution in [-0.2, 0) is 4.79 Å². The average Bonchev–Trinajstić information content (AvgIpc) is 2.58. The minimum Gasteiger partial charge on any atom is -0.349 e. The fourth-order valence-electron chi connectivity index (χ4n) is 2.50. The number of nitrogens with two attached hydrogens (primary N) is 1. The van der Waals surface area contributed by atoms with E-state index in [0.717, 1.165) is 17.7 Å². The van der Waals surface area contributed by atoms with E-state index in [1.165, 1.54) is 10.8 Å². The van der Waals surface area contributed by atoms with Gasteiger partial charge in [-0.15, -0.1) is 11.8 Å². The van der Waals surface area contributed by atoms with Crippen LogP contribution in [-0.4, -0.2) is 23.7 Å². The van der Waals surface area contributed by atoms with Crippen LogP contribution < -0.4 is 11.1 Å². The lowest BCUT2D eigenvalue weighted by molar-refractivity contribution is -0.120. The second-order valence-electron chi connectivity index (χ2n) is 5.54. The van der Waals surface area contributed by atoms with Gasteiger partial charge in [-0.25, -0.2) is 0 Å². The first-order valence-electron chi connectivity index (χ1n) is 7.75. The summed E-state index contributed by atoms with van der Waals surface area (Å²) in [6.07, 6.45) is 1.71. The van der Waals surface area contributed by atoms with Crippen LogP contribution in [0.25, 0.3) is 10.8 Å². The summed E-state index contributed by atoms with van der Waals surface area (Å²) in [4.78, 5) is 13.3. The zero-order chi connectivity index (χ0) is 16.0. The Kier molecular flexibility index (Phi) is 5.86. The third-order valence-electron chi connectivity index (χ3n) is 4.24. The number of hydrogen-bond acceptors (Lipinski definition) is 3. The summed E-state index contributed by atoms with van der Waals surface area (Å²) in [5, 5.41) is 5.52. The Labute approximate surface area is 136 Å². The van der Waals surface area contributed by atoms with Crippen molar-refractivity contribution < 1.29 is 4.79 Å². The van der Waals surface area contributed by atoms with Gasteiger partial charge in [0.1, 0.15) is 0 Å². The largest absolute Gasteiger partial charge is 0.349 e. The maximum Gasteiger partial charge on any atom is 0.230 e. The molecule has 2 aromatic carbocycles. The lowest BCUT2D eigenvalue weighted by Crippen LogP contribution is -2.53. The fourth-order valence-corrected chi connectivity index (χ4v) is 3.25. The number of fused-ring (bicyclic) bond motifs is 1. The van der Waals surface area contributed by atoms with Crippen LogP contribution in [0, 0.1) is 0 Å². The lowest BCUT2D eigenvalue weighted by atomic mass is 9.93. The second kappa shape index (κ2) is 7.65. The van der Waals surface area contributed by atoms with E-state index in [0.29, 0.717) is 12.3 Å².